The summed E-state index contributed by atoms with van der Waals surface area (Å²) < 4.78 is 0. The Morgan fingerprint density at radius 3 is 2.73 bits per heavy atom. The number of hydrogen-bond acceptors (Lipinski definition) is 1. The van der Waals surface area contributed by atoms with Crippen LogP contribution in [0.5, 0.6) is 0 Å². The van der Waals surface area contributed by atoms with E-state index in [2.05, 4.69) is 21.7 Å². The predicted octanol–water partition coefficient (Wildman–Crippen LogP) is 4.19. The van der Waals surface area contributed by atoms with Crippen LogP contribution in [0.15, 0.2) is 54.7 Å². The van der Waals surface area contributed by atoms with Gasteiger partial charge in [0.15, 0.2) is 0 Å². The highest BCUT2D eigenvalue weighted by atomic mass is 35.5. The van der Waals surface area contributed by atoms with Gasteiger partial charge in [0.25, 0.3) is 0 Å². The van der Waals surface area contributed by atoms with E-state index in [1.165, 1.54) is 10.9 Å². The average Bonchev–Trinajstić information content (AvgIpc) is 2.93. The van der Waals surface area contributed by atoms with E-state index in [0.29, 0.717) is 17.3 Å². The second-order valence-corrected chi connectivity index (χ2v) is 5.38. The van der Waals surface area contributed by atoms with Crippen molar-refractivity contribution in [1.29, 1.82) is 0 Å². The zero-order valence-electron chi connectivity index (χ0n) is 11.9. The monoisotopic (exact) mass is 313 g/mol. The number of hydrogen-bond donors (Lipinski definition) is 3. The minimum atomic E-state index is -0.257. The third-order valence-corrected chi connectivity index (χ3v) is 3.81. The molecule has 0 aliphatic heterocycles. The van der Waals surface area contributed by atoms with Gasteiger partial charge in [-0.3, -0.25) is 0 Å². The highest BCUT2D eigenvalue weighted by molar-refractivity contribution is 6.33. The van der Waals surface area contributed by atoms with Crippen molar-refractivity contribution in [3.8, 4) is 0 Å². The molecule has 1 aromatic heterocycles. The van der Waals surface area contributed by atoms with Gasteiger partial charge < -0.3 is 15.6 Å². The molecule has 0 bridgehead atoms. The molecule has 3 N–H and O–H groups in total. The summed E-state index contributed by atoms with van der Waals surface area (Å²) in [6.45, 7) is 0.554. The van der Waals surface area contributed by atoms with Gasteiger partial charge in [0.2, 0.25) is 0 Å². The number of aromatic nitrogens is 1. The zero-order valence-corrected chi connectivity index (χ0v) is 12.7. The predicted molar refractivity (Wildman–Crippen MR) is 90.5 cm³/mol. The number of rotatable bonds is 4. The van der Waals surface area contributed by atoms with Crippen LogP contribution in [0.25, 0.3) is 10.9 Å². The first-order valence-electron chi connectivity index (χ1n) is 7.08. The summed E-state index contributed by atoms with van der Waals surface area (Å²) in [5.74, 6) is 0. The molecular weight excluding hydrogens is 298 g/mol. The van der Waals surface area contributed by atoms with Crippen molar-refractivity contribution in [2.75, 3.05) is 11.9 Å². The molecule has 0 aliphatic carbocycles. The summed E-state index contributed by atoms with van der Waals surface area (Å²) in [6.07, 6.45) is 2.75. The first-order valence-corrected chi connectivity index (χ1v) is 7.46. The molecule has 5 heteroatoms. The molecule has 0 saturated carbocycles. The Hall–Kier alpha value is -2.46. The normalized spacial score (nSPS) is 10.6. The Morgan fingerprint density at radius 1 is 1.09 bits per heavy atom. The highest BCUT2D eigenvalue weighted by Crippen LogP contribution is 2.20. The van der Waals surface area contributed by atoms with Crippen LogP contribution in [-0.2, 0) is 6.42 Å². The maximum absolute atomic E-state index is 11.9. The Morgan fingerprint density at radius 2 is 1.86 bits per heavy atom. The van der Waals surface area contributed by atoms with Crippen LogP contribution in [0.3, 0.4) is 0 Å². The molecule has 3 aromatic rings. The molecule has 0 radical (unpaired) electrons. The Bertz CT molecular complexity index is 797. The first-order chi connectivity index (χ1) is 10.7. The summed E-state index contributed by atoms with van der Waals surface area (Å²) >= 11 is 6.00. The number of halogens is 1. The van der Waals surface area contributed by atoms with E-state index in [0.717, 1.165) is 11.9 Å². The van der Waals surface area contributed by atoms with E-state index >= 15 is 0 Å². The second-order valence-electron chi connectivity index (χ2n) is 4.97. The lowest BCUT2D eigenvalue weighted by molar-refractivity contribution is 0.252. The lowest BCUT2D eigenvalue weighted by atomic mass is 10.1. The minimum Gasteiger partial charge on any atom is -0.361 e. The third kappa shape index (κ3) is 3.23. The van der Waals surface area contributed by atoms with Crippen LogP contribution >= 0.6 is 11.6 Å². The molecule has 0 aliphatic rings. The van der Waals surface area contributed by atoms with Gasteiger partial charge in [0.1, 0.15) is 0 Å². The number of fused-ring (bicyclic) bond motifs is 1. The van der Waals surface area contributed by atoms with E-state index in [1.807, 2.05) is 36.5 Å². The number of benzene rings is 2. The number of urea groups is 1. The molecule has 0 fully saturated rings. The Kier molecular flexibility index (Phi) is 4.30. The smallest absolute Gasteiger partial charge is 0.319 e. The van der Waals surface area contributed by atoms with Crippen LogP contribution in [0.2, 0.25) is 5.02 Å². The molecule has 22 heavy (non-hydrogen) atoms. The number of carbonyl (C=O) groups is 1. The summed E-state index contributed by atoms with van der Waals surface area (Å²) in [7, 11) is 0. The minimum absolute atomic E-state index is 0.257. The van der Waals surface area contributed by atoms with Crippen LogP contribution < -0.4 is 10.6 Å². The van der Waals surface area contributed by atoms with Crippen LogP contribution in [0.1, 0.15) is 5.56 Å². The summed E-state index contributed by atoms with van der Waals surface area (Å²) in [5.41, 5.74) is 2.90. The summed E-state index contributed by atoms with van der Waals surface area (Å²) in [5, 5.41) is 7.29. The third-order valence-electron chi connectivity index (χ3n) is 3.48. The van der Waals surface area contributed by atoms with Crippen molar-refractivity contribution < 1.29 is 4.79 Å². The van der Waals surface area contributed by atoms with Crippen LogP contribution in [-0.4, -0.2) is 17.6 Å². The fourth-order valence-electron chi connectivity index (χ4n) is 2.38. The van der Waals surface area contributed by atoms with Crippen LogP contribution in [0, 0.1) is 0 Å². The summed E-state index contributed by atoms with van der Waals surface area (Å²) in [6, 6.07) is 15.0. The van der Waals surface area contributed by atoms with Gasteiger partial charge in [-0.05, 0) is 30.2 Å². The van der Waals surface area contributed by atoms with Gasteiger partial charge in [0.05, 0.1) is 10.7 Å². The number of carbonyl (C=O) groups excluding carboxylic acids is 1. The van der Waals surface area contributed by atoms with E-state index < -0.39 is 0 Å². The topological polar surface area (TPSA) is 56.9 Å². The van der Waals surface area contributed by atoms with Gasteiger partial charge in [-0.1, -0.05) is 41.9 Å². The first kappa shape index (κ1) is 14.5. The van der Waals surface area contributed by atoms with Crippen molar-refractivity contribution in [2.24, 2.45) is 0 Å². The SMILES string of the molecule is O=C(NCCc1c[nH]c2ccccc12)Nc1ccccc1Cl. The number of anilines is 1. The lowest BCUT2D eigenvalue weighted by Gasteiger charge is -2.08. The molecule has 3 rings (SSSR count). The maximum Gasteiger partial charge on any atom is 0.319 e. The fraction of sp³-hybridized carbons (Fsp3) is 0.118. The van der Waals surface area contributed by atoms with Crippen molar-refractivity contribution in [2.45, 2.75) is 6.42 Å². The van der Waals surface area contributed by atoms with E-state index in [9.17, 15) is 4.79 Å². The number of H-pyrrole nitrogens is 1. The summed E-state index contributed by atoms with van der Waals surface area (Å²) in [4.78, 5) is 15.1. The number of amides is 2. The lowest BCUT2D eigenvalue weighted by Crippen LogP contribution is -2.30. The fourth-order valence-corrected chi connectivity index (χ4v) is 2.56. The van der Waals surface area contributed by atoms with Gasteiger partial charge in [-0.2, -0.15) is 0 Å². The molecule has 4 nitrogen and oxygen atoms in total. The molecule has 0 atom stereocenters. The van der Waals surface area contributed by atoms with Crippen molar-refractivity contribution >= 4 is 34.2 Å². The zero-order chi connectivity index (χ0) is 15.4. The Balaban J connectivity index is 1.55. The molecular formula is C17H16ClN3O. The standard InChI is InChI=1S/C17H16ClN3O/c18-14-6-2-4-8-16(14)21-17(22)19-10-9-12-11-20-15-7-3-1-5-13(12)15/h1-8,11,20H,9-10H2,(H2,19,21,22). The quantitative estimate of drug-likeness (QED) is 0.664. The number of aromatic amines is 1. The van der Waals surface area contributed by atoms with Gasteiger partial charge >= 0.3 is 6.03 Å². The molecule has 0 unspecified atom stereocenters. The van der Waals surface area contributed by atoms with Gasteiger partial charge in [-0.15, -0.1) is 0 Å². The largest absolute Gasteiger partial charge is 0.361 e. The Labute approximate surface area is 133 Å². The van der Waals surface area contributed by atoms with E-state index in [1.54, 1.807) is 12.1 Å². The van der Waals surface area contributed by atoms with Crippen molar-refractivity contribution in [3.05, 3.63) is 65.3 Å². The molecule has 0 saturated heterocycles. The average molecular weight is 314 g/mol. The number of para-hydroxylation sites is 2. The van der Waals surface area contributed by atoms with Gasteiger partial charge in [0, 0.05) is 23.6 Å². The number of nitrogens with one attached hydrogen (secondary N) is 3. The molecule has 112 valence electrons. The molecule has 0 spiro atoms. The molecule has 2 aromatic carbocycles. The molecule has 1 heterocycles. The second kappa shape index (κ2) is 6.54. The van der Waals surface area contributed by atoms with E-state index in [4.69, 9.17) is 11.6 Å². The van der Waals surface area contributed by atoms with Crippen LogP contribution in [0.4, 0.5) is 10.5 Å². The van der Waals surface area contributed by atoms with E-state index in [-0.39, 0.29) is 6.03 Å². The van der Waals surface area contributed by atoms with Crippen molar-refractivity contribution in [3.63, 3.8) is 0 Å². The highest BCUT2D eigenvalue weighted by Gasteiger charge is 2.06. The van der Waals surface area contributed by atoms with Crippen molar-refractivity contribution in [1.82, 2.24) is 10.3 Å². The van der Waals surface area contributed by atoms with Gasteiger partial charge in [-0.25, -0.2) is 4.79 Å². The molecule has 2 amide bonds. The maximum atomic E-state index is 11.9.